The molecule has 1 aliphatic heterocycles. The van der Waals surface area contributed by atoms with Crippen LogP contribution < -0.4 is 10.6 Å². The van der Waals surface area contributed by atoms with Crippen LogP contribution in [0.25, 0.3) is 0 Å². The second-order valence-electron chi connectivity index (χ2n) is 8.14. The Morgan fingerprint density at radius 1 is 1.30 bits per heavy atom. The highest BCUT2D eigenvalue weighted by molar-refractivity contribution is 5.99. The number of aromatic nitrogens is 1. The van der Waals surface area contributed by atoms with Crippen LogP contribution in [0, 0.1) is 12.7 Å². The predicted octanol–water partition coefficient (Wildman–Crippen LogP) is 2.44. The number of carbonyl (C=O) groups is 2. The quantitative estimate of drug-likeness (QED) is 0.499. The van der Waals surface area contributed by atoms with Gasteiger partial charge in [-0.3, -0.25) is 19.7 Å². The van der Waals surface area contributed by atoms with Gasteiger partial charge in [-0.15, -0.1) is 0 Å². The van der Waals surface area contributed by atoms with E-state index in [4.69, 9.17) is 5.11 Å². The number of aryl methyl sites for hydroxylation is 1. The highest BCUT2D eigenvalue weighted by Gasteiger charge is 2.28. The second-order valence-corrected chi connectivity index (χ2v) is 8.14. The standard InChI is InChI=1S/C23H31FN6O3/c1-17-7-8-20(13-25-17)26-23(33)27-21-6-3-5-19(22(21)24)15-28-10-11-30(18(2)14-28)29(16-32)9-4-12-31/h3,5-8,13,16,18,31H,4,9-12,14-15H2,1-2H3,(H2,26,27,33)/t18-/m1/s1. The Balaban J connectivity index is 1.59. The van der Waals surface area contributed by atoms with Crippen LogP contribution in [0.5, 0.6) is 0 Å². The molecule has 1 atom stereocenters. The van der Waals surface area contributed by atoms with Gasteiger partial charge in [0.25, 0.3) is 0 Å². The molecule has 0 spiro atoms. The first-order chi connectivity index (χ1) is 15.9. The Bertz CT molecular complexity index is 942. The van der Waals surface area contributed by atoms with Crippen LogP contribution in [-0.2, 0) is 11.3 Å². The summed E-state index contributed by atoms with van der Waals surface area (Å²) in [6.07, 6.45) is 2.84. The van der Waals surface area contributed by atoms with E-state index >= 15 is 4.39 Å². The lowest BCUT2D eigenvalue weighted by Crippen LogP contribution is -2.58. The summed E-state index contributed by atoms with van der Waals surface area (Å²) in [5.74, 6) is -0.470. The molecule has 0 saturated carbocycles. The summed E-state index contributed by atoms with van der Waals surface area (Å²) in [7, 11) is 0. The third-order valence-electron chi connectivity index (χ3n) is 5.56. The number of aliphatic hydroxyl groups is 1. The number of amides is 3. The molecule has 1 saturated heterocycles. The fourth-order valence-electron chi connectivity index (χ4n) is 3.89. The van der Waals surface area contributed by atoms with E-state index in [1.54, 1.807) is 29.3 Å². The van der Waals surface area contributed by atoms with Gasteiger partial charge in [0.05, 0.1) is 17.6 Å². The van der Waals surface area contributed by atoms with Gasteiger partial charge in [0.15, 0.2) is 5.82 Å². The molecular weight excluding hydrogens is 427 g/mol. The Hall–Kier alpha value is -3.08. The van der Waals surface area contributed by atoms with Gasteiger partial charge in [-0.05, 0) is 38.5 Å². The van der Waals surface area contributed by atoms with Crippen molar-refractivity contribution in [1.29, 1.82) is 0 Å². The molecule has 0 bridgehead atoms. The number of aliphatic hydroxyl groups excluding tert-OH is 1. The number of nitrogens with one attached hydrogen (secondary N) is 2. The van der Waals surface area contributed by atoms with Crippen LogP contribution in [0.3, 0.4) is 0 Å². The van der Waals surface area contributed by atoms with E-state index in [2.05, 4.69) is 20.5 Å². The van der Waals surface area contributed by atoms with Crippen molar-refractivity contribution in [2.45, 2.75) is 32.9 Å². The van der Waals surface area contributed by atoms with Gasteiger partial charge in [-0.2, -0.15) is 0 Å². The van der Waals surface area contributed by atoms with Crippen molar-refractivity contribution in [2.24, 2.45) is 0 Å². The van der Waals surface area contributed by atoms with E-state index in [-0.39, 0.29) is 18.3 Å². The fourth-order valence-corrected chi connectivity index (χ4v) is 3.89. The molecule has 3 rings (SSSR count). The number of piperazine rings is 1. The van der Waals surface area contributed by atoms with E-state index in [9.17, 15) is 9.59 Å². The molecule has 0 aliphatic carbocycles. The average Bonchev–Trinajstić information content (AvgIpc) is 2.79. The van der Waals surface area contributed by atoms with Gasteiger partial charge in [0, 0.05) is 56.6 Å². The Morgan fingerprint density at radius 3 is 2.79 bits per heavy atom. The lowest BCUT2D eigenvalue weighted by Gasteiger charge is -2.44. The summed E-state index contributed by atoms with van der Waals surface area (Å²) in [5, 5.41) is 17.8. The maximum atomic E-state index is 15.1. The number of hydrazine groups is 1. The zero-order chi connectivity index (χ0) is 23.8. The van der Waals surface area contributed by atoms with Gasteiger partial charge < -0.3 is 15.7 Å². The highest BCUT2D eigenvalue weighted by Crippen LogP contribution is 2.22. The van der Waals surface area contributed by atoms with Crippen molar-refractivity contribution < 1.29 is 19.1 Å². The number of carbonyl (C=O) groups excluding carboxylic acids is 2. The molecule has 3 N–H and O–H groups in total. The van der Waals surface area contributed by atoms with Gasteiger partial charge in [-0.25, -0.2) is 14.2 Å². The van der Waals surface area contributed by atoms with E-state index in [0.29, 0.717) is 50.4 Å². The van der Waals surface area contributed by atoms with Gasteiger partial charge in [-0.1, -0.05) is 12.1 Å². The Labute approximate surface area is 193 Å². The SMILES string of the molecule is Cc1ccc(NC(=O)Nc2cccc(CN3CCN(N(C=O)CCCO)[C@H](C)C3)c2F)cn1. The zero-order valence-corrected chi connectivity index (χ0v) is 19.0. The summed E-state index contributed by atoms with van der Waals surface area (Å²) >= 11 is 0. The summed E-state index contributed by atoms with van der Waals surface area (Å²) in [5.41, 5.74) is 1.94. The van der Waals surface area contributed by atoms with E-state index in [1.807, 2.05) is 18.9 Å². The molecule has 1 aromatic heterocycles. The minimum Gasteiger partial charge on any atom is -0.396 e. The number of anilines is 2. The number of urea groups is 1. The summed E-state index contributed by atoms with van der Waals surface area (Å²) < 4.78 is 15.1. The maximum absolute atomic E-state index is 15.1. The number of nitrogens with zero attached hydrogens (tertiary/aromatic N) is 4. The van der Waals surface area contributed by atoms with Crippen LogP contribution in [0.15, 0.2) is 36.5 Å². The average molecular weight is 459 g/mol. The number of halogens is 1. The van der Waals surface area contributed by atoms with Crippen LogP contribution in [0.1, 0.15) is 24.6 Å². The van der Waals surface area contributed by atoms with Crippen LogP contribution in [0.4, 0.5) is 20.6 Å². The van der Waals surface area contributed by atoms with E-state index in [1.165, 1.54) is 12.3 Å². The predicted molar refractivity (Wildman–Crippen MR) is 124 cm³/mol. The first kappa shape index (κ1) is 24.6. The Kier molecular flexibility index (Phi) is 8.70. The molecule has 0 unspecified atom stereocenters. The van der Waals surface area contributed by atoms with Crippen molar-refractivity contribution in [3.05, 3.63) is 53.6 Å². The van der Waals surface area contributed by atoms with Crippen LogP contribution in [-0.4, -0.2) is 76.3 Å². The van der Waals surface area contributed by atoms with Crippen LogP contribution >= 0.6 is 0 Å². The number of pyridine rings is 1. The highest BCUT2D eigenvalue weighted by atomic mass is 19.1. The van der Waals surface area contributed by atoms with Crippen LogP contribution in [0.2, 0.25) is 0 Å². The number of benzene rings is 1. The first-order valence-electron chi connectivity index (χ1n) is 11.0. The Morgan fingerprint density at radius 2 is 2.12 bits per heavy atom. The van der Waals surface area contributed by atoms with Crippen molar-refractivity contribution >= 4 is 23.8 Å². The number of hydrogen-bond acceptors (Lipinski definition) is 6. The maximum Gasteiger partial charge on any atom is 0.323 e. The van der Waals surface area contributed by atoms with E-state index < -0.39 is 11.8 Å². The number of hydrogen-bond donors (Lipinski definition) is 3. The molecule has 2 aromatic rings. The molecule has 10 heteroatoms. The minimum absolute atomic E-state index is 0.0300. The van der Waals surface area contributed by atoms with Crippen molar-refractivity contribution in [3.63, 3.8) is 0 Å². The molecule has 178 valence electrons. The van der Waals surface area contributed by atoms with Gasteiger partial charge in [0.1, 0.15) is 0 Å². The smallest absolute Gasteiger partial charge is 0.323 e. The van der Waals surface area contributed by atoms with E-state index in [0.717, 1.165) is 12.1 Å². The molecule has 1 aromatic carbocycles. The van der Waals surface area contributed by atoms with Crippen molar-refractivity contribution in [1.82, 2.24) is 19.9 Å². The molecule has 0 radical (unpaired) electrons. The molecule has 3 amide bonds. The molecule has 33 heavy (non-hydrogen) atoms. The number of rotatable bonds is 9. The molecule has 9 nitrogen and oxygen atoms in total. The molecule has 1 fully saturated rings. The van der Waals surface area contributed by atoms with Crippen molar-refractivity contribution in [3.8, 4) is 0 Å². The third-order valence-corrected chi connectivity index (χ3v) is 5.56. The molecule has 2 heterocycles. The summed E-state index contributed by atoms with van der Waals surface area (Å²) in [4.78, 5) is 30.0. The first-order valence-corrected chi connectivity index (χ1v) is 11.0. The van der Waals surface area contributed by atoms with Gasteiger partial charge in [0.2, 0.25) is 6.41 Å². The minimum atomic E-state index is -0.546. The lowest BCUT2D eigenvalue weighted by atomic mass is 10.1. The lowest BCUT2D eigenvalue weighted by molar-refractivity contribution is -0.145. The third kappa shape index (κ3) is 6.70. The monoisotopic (exact) mass is 458 g/mol. The fraction of sp³-hybridized carbons (Fsp3) is 0.435. The van der Waals surface area contributed by atoms with Gasteiger partial charge >= 0.3 is 6.03 Å². The normalized spacial score (nSPS) is 16.9. The zero-order valence-electron chi connectivity index (χ0n) is 19.0. The summed E-state index contributed by atoms with van der Waals surface area (Å²) in [6, 6.07) is 7.96. The second kappa shape index (κ2) is 11.7. The van der Waals surface area contributed by atoms with Crippen molar-refractivity contribution in [2.75, 3.05) is 43.4 Å². The summed E-state index contributed by atoms with van der Waals surface area (Å²) in [6.45, 7) is 6.68. The topological polar surface area (TPSA) is 101 Å². The largest absolute Gasteiger partial charge is 0.396 e. The molecular formula is C23H31FN6O3. The molecule has 1 aliphatic rings.